The molecule has 0 saturated heterocycles. The molecule has 0 saturated carbocycles. The summed E-state index contributed by atoms with van der Waals surface area (Å²) in [4.78, 5) is 10.7. The lowest BCUT2D eigenvalue weighted by atomic mass is 10.1. The number of para-hydroxylation sites is 3. The molecule has 3 rings (SSSR count). The van der Waals surface area contributed by atoms with E-state index in [4.69, 9.17) is 0 Å². The zero-order valence-corrected chi connectivity index (χ0v) is 9.51. The Bertz CT molecular complexity index is 625. The van der Waals surface area contributed by atoms with E-state index in [0.717, 1.165) is 16.9 Å². The second kappa shape index (κ2) is 4.03. The summed E-state index contributed by atoms with van der Waals surface area (Å²) >= 11 is 0. The summed E-state index contributed by atoms with van der Waals surface area (Å²) in [5, 5.41) is 17.5. The lowest BCUT2D eigenvalue weighted by Gasteiger charge is -2.08. The standard InChI is InChI=1S/C13H11N3O2/c17-16(18)12-7-3-4-9-8-14-10-5-1-2-6-11(10)15-13(9)12/h1-7,14-15H,8H2. The molecule has 0 aromatic heterocycles. The third-order valence-corrected chi connectivity index (χ3v) is 2.98. The van der Waals surface area contributed by atoms with E-state index in [1.54, 1.807) is 6.07 Å². The fourth-order valence-electron chi connectivity index (χ4n) is 2.10. The van der Waals surface area contributed by atoms with E-state index in [-0.39, 0.29) is 10.6 Å². The first-order valence-electron chi connectivity index (χ1n) is 5.62. The van der Waals surface area contributed by atoms with Crippen LogP contribution in [-0.2, 0) is 6.54 Å². The third kappa shape index (κ3) is 1.66. The van der Waals surface area contributed by atoms with Crippen LogP contribution in [0.15, 0.2) is 42.5 Å². The predicted molar refractivity (Wildman–Crippen MR) is 70.1 cm³/mol. The van der Waals surface area contributed by atoms with E-state index >= 15 is 0 Å². The van der Waals surface area contributed by atoms with Crippen LogP contribution in [0.2, 0.25) is 0 Å². The zero-order valence-electron chi connectivity index (χ0n) is 9.51. The van der Waals surface area contributed by atoms with Gasteiger partial charge < -0.3 is 10.6 Å². The maximum absolute atomic E-state index is 11.0. The van der Waals surface area contributed by atoms with Gasteiger partial charge in [-0.2, -0.15) is 0 Å². The van der Waals surface area contributed by atoms with E-state index in [0.29, 0.717) is 12.2 Å². The highest BCUT2D eigenvalue weighted by Crippen LogP contribution is 2.36. The Balaban J connectivity index is 2.15. The molecule has 18 heavy (non-hydrogen) atoms. The summed E-state index contributed by atoms with van der Waals surface area (Å²) < 4.78 is 0. The van der Waals surface area contributed by atoms with Gasteiger partial charge in [-0.05, 0) is 12.1 Å². The largest absolute Gasteiger partial charge is 0.379 e. The summed E-state index contributed by atoms with van der Waals surface area (Å²) in [5.74, 6) is 0. The molecule has 0 atom stereocenters. The first kappa shape index (κ1) is 10.6. The minimum absolute atomic E-state index is 0.103. The summed E-state index contributed by atoms with van der Waals surface area (Å²) in [6.07, 6.45) is 0. The molecule has 0 spiro atoms. The predicted octanol–water partition coefficient (Wildman–Crippen LogP) is 3.26. The fourth-order valence-corrected chi connectivity index (χ4v) is 2.10. The van der Waals surface area contributed by atoms with Crippen LogP contribution < -0.4 is 10.6 Å². The zero-order chi connectivity index (χ0) is 12.5. The van der Waals surface area contributed by atoms with E-state index in [1.807, 2.05) is 30.3 Å². The Labute approximate surface area is 104 Å². The van der Waals surface area contributed by atoms with Crippen molar-refractivity contribution in [3.63, 3.8) is 0 Å². The molecule has 0 radical (unpaired) electrons. The molecule has 1 heterocycles. The molecule has 0 unspecified atom stereocenters. The lowest BCUT2D eigenvalue weighted by molar-refractivity contribution is -0.384. The van der Waals surface area contributed by atoms with Crippen LogP contribution in [-0.4, -0.2) is 4.92 Å². The molecule has 2 N–H and O–H groups in total. The van der Waals surface area contributed by atoms with Gasteiger partial charge in [-0.15, -0.1) is 0 Å². The third-order valence-electron chi connectivity index (χ3n) is 2.98. The molecular formula is C13H11N3O2. The Morgan fingerprint density at radius 3 is 2.61 bits per heavy atom. The van der Waals surface area contributed by atoms with Crippen LogP contribution in [0.4, 0.5) is 22.7 Å². The van der Waals surface area contributed by atoms with Gasteiger partial charge in [0.1, 0.15) is 5.69 Å². The highest BCUT2D eigenvalue weighted by Gasteiger charge is 2.20. The molecule has 0 amide bonds. The maximum atomic E-state index is 11.0. The van der Waals surface area contributed by atoms with E-state index in [9.17, 15) is 10.1 Å². The minimum atomic E-state index is -0.361. The lowest BCUT2D eigenvalue weighted by Crippen LogP contribution is -2.00. The van der Waals surface area contributed by atoms with Crippen molar-refractivity contribution >= 4 is 22.7 Å². The fraction of sp³-hybridized carbons (Fsp3) is 0.0769. The van der Waals surface area contributed by atoms with Gasteiger partial charge in [0.2, 0.25) is 0 Å². The number of rotatable bonds is 1. The number of nitro groups is 1. The van der Waals surface area contributed by atoms with Gasteiger partial charge in [0, 0.05) is 18.2 Å². The number of nitrogens with zero attached hydrogens (tertiary/aromatic N) is 1. The van der Waals surface area contributed by atoms with Crippen molar-refractivity contribution in [3.05, 3.63) is 58.1 Å². The molecule has 1 aliphatic rings. The van der Waals surface area contributed by atoms with Crippen LogP contribution >= 0.6 is 0 Å². The van der Waals surface area contributed by atoms with Gasteiger partial charge in [-0.1, -0.05) is 24.3 Å². The van der Waals surface area contributed by atoms with Gasteiger partial charge >= 0.3 is 0 Å². The topological polar surface area (TPSA) is 67.2 Å². The first-order chi connectivity index (χ1) is 8.75. The van der Waals surface area contributed by atoms with Gasteiger partial charge in [0.25, 0.3) is 5.69 Å². The smallest absolute Gasteiger partial charge is 0.293 e. The molecule has 0 bridgehead atoms. The average molecular weight is 241 g/mol. The van der Waals surface area contributed by atoms with Crippen molar-refractivity contribution in [2.24, 2.45) is 0 Å². The Morgan fingerprint density at radius 1 is 1.06 bits per heavy atom. The Kier molecular flexibility index (Phi) is 2.37. The molecule has 5 nitrogen and oxygen atoms in total. The van der Waals surface area contributed by atoms with Gasteiger partial charge in [-0.3, -0.25) is 10.1 Å². The number of hydrogen-bond donors (Lipinski definition) is 2. The van der Waals surface area contributed by atoms with Gasteiger partial charge in [0.15, 0.2) is 0 Å². The monoisotopic (exact) mass is 241 g/mol. The number of benzene rings is 2. The molecule has 2 aromatic carbocycles. The first-order valence-corrected chi connectivity index (χ1v) is 5.62. The Morgan fingerprint density at radius 2 is 1.83 bits per heavy atom. The van der Waals surface area contributed by atoms with E-state index in [2.05, 4.69) is 10.6 Å². The molecular weight excluding hydrogens is 230 g/mol. The van der Waals surface area contributed by atoms with Crippen molar-refractivity contribution in [1.29, 1.82) is 0 Å². The molecule has 0 fully saturated rings. The number of anilines is 3. The molecule has 0 aliphatic carbocycles. The summed E-state index contributed by atoms with van der Waals surface area (Å²) in [6.45, 7) is 0.570. The van der Waals surface area contributed by atoms with E-state index in [1.165, 1.54) is 6.07 Å². The van der Waals surface area contributed by atoms with E-state index < -0.39 is 0 Å². The van der Waals surface area contributed by atoms with Crippen molar-refractivity contribution in [3.8, 4) is 0 Å². The van der Waals surface area contributed by atoms with Crippen molar-refractivity contribution in [2.75, 3.05) is 10.6 Å². The summed E-state index contributed by atoms with van der Waals surface area (Å²) in [5.41, 5.74) is 3.36. The van der Waals surface area contributed by atoms with Crippen molar-refractivity contribution in [2.45, 2.75) is 6.54 Å². The minimum Gasteiger partial charge on any atom is -0.379 e. The van der Waals surface area contributed by atoms with Gasteiger partial charge in [-0.25, -0.2) is 0 Å². The molecule has 90 valence electrons. The van der Waals surface area contributed by atoms with Crippen LogP contribution in [0.1, 0.15) is 5.56 Å². The highest BCUT2D eigenvalue weighted by molar-refractivity contribution is 5.82. The quantitative estimate of drug-likeness (QED) is 0.594. The SMILES string of the molecule is O=[N+]([O-])c1cccc2c1Nc1ccccc1NC2. The summed E-state index contributed by atoms with van der Waals surface area (Å²) in [7, 11) is 0. The van der Waals surface area contributed by atoms with Crippen LogP contribution in [0, 0.1) is 10.1 Å². The van der Waals surface area contributed by atoms with Crippen LogP contribution in [0.5, 0.6) is 0 Å². The number of nitro benzene ring substituents is 1. The maximum Gasteiger partial charge on any atom is 0.293 e. The molecule has 2 aromatic rings. The van der Waals surface area contributed by atoms with Gasteiger partial charge in [0.05, 0.1) is 16.3 Å². The molecule has 5 heteroatoms. The second-order valence-corrected chi connectivity index (χ2v) is 4.09. The van der Waals surface area contributed by atoms with Crippen molar-refractivity contribution < 1.29 is 4.92 Å². The van der Waals surface area contributed by atoms with Crippen LogP contribution in [0.3, 0.4) is 0 Å². The second-order valence-electron chi connectivity index (χ2n) is 4.09. The number of hydrogen-bond acceptors (Lipinski definition) is 4. The summed E-state index contributed by atoms with van der Waals surface area (Å²) in [6, 6.07) is 12.8. The number of nitrogens with one attached hydrogen (secondary N) is 2. The highest BCUT2D eigenvalue weighted by atomic mass is 16.6. The van der Waals surface area contributed by atoms with Crippen molar-refractivity contribution in [1.82, 2.24) is 0 Å². The normalized spacial score (nSPS) is 12.4. The van der Waals surface area contributed by atoms with Crippen LogP contribution in [0.25, 0.3) is 0 Å². The molecule has 1 aliphatic heterocycles. The number of fused-ring (bicyclic) bond motifs is 2. The Hall–Kier alpha value is -2.56. The average Bonchev–Trinajstić information content (AvgIpc) is 2.57.